The first-order chi connectivity index (χ1) is 9.91. The molecule has 4 nitrogen and oxygen atoms in total. The van der Waals surface area contributed by atoms with Crippen molar-refractivity contribution in [3.05, 3.63) is 41.8 Å². The first-order valence-electron chi connectivity index (χ1n) is 6.11. The maximum Gasteiger partial charge on any atom is 0.418 e. The third kappa shape index (κ3) is 3.59. The van der Waals surface area contributed by atoms with Gasteiger partial charge in [0.15, 0.2) is 11.6 Å². The normalized spacial score (nSPS) is 11.3. The lowest BCUT2D eigenvalue weighted by molar-refractivity contribution is -0.136. The predicted octanol–water partition coefficient (Wildman–Crippen LogP) is 3.81. The Morgan fingerprint density at radius 2 is 1.90 bits per heavy atom. The molecule has 2 N–H and O–H groups in total. The third-order valence-corrected chi connectivity index (χ3v) is 2.56. The van der Waals surface area contributed by atoms with Gasteiger partial charge in [0.2, 0.25) is 5.95 Å². The number of hydrogen-bond donors (Lipinski definition) is 2. The lowest BCUT2D eigenvalue weighted by atomic mass is 10.1. The molecule has 1 aromatic carbocycles. The van der Waals surface area contributed by atoms with Gasteiger partial charge in [0.1, 0.15) is 0 Å². The zero-order valence-electron chi connectivity index (χ0n) is 11.0. The van der Waals surface area contributed by atoms with Crippen LogP contribution in [0.5, 0.6) is 0 Å². The Bertz CT molecular complexity index is 628. The number of halogens is 4. The molecule has 0 spiro atoms. The van der Waals surface area contributed by atoms with E-state index in [1.807, 2.05) is 0 Å². The molecule has 8 heteroatoms. The van der Waals surface area contributed by atoms with Gasteiger partial charge in [0.05, 0.1) is 17.4 Å². The Labute approximate surface area is 118 Å². The molecule has 112 valence electrons. The zero-order valence-corrected chi connectivity index (χ0v) is 11.0. The van der Waals surface area contributed by atoms with E-state index in [0.717, 1.165) is 12.3 Å². The fraction of sp³-hybridized carbons (Fsp3) is 0.231. The minimum Gasteiger partial charge on any atom is -0.354 e. The molecule has 0 fully saturated rings. The van der Waals surface area contributed by atoms with E-state index < -0.39 is 17.6 Å². The van der Waals surface area contributed by atoms with Crippen LogP contribution in [0.3, 0.4) is 0 Å². The van der Waals surface area contributed by atoms with Gasteiger partial charge >= 0.3 is 6.18 Å². The Kier molecular flexibility index (Phi) is 4.25. The number of para-hydroxylation sites is 1. The highest BCUT2D eigenvalue weighted by Gasteiger charge is 2.33. The second-order valence-corrected chi connectivity index (χ2v) is 4.09. The van der Waals surface area contributed by atoms with E-state index in [2.05, 4.69) is 20.6 Å². The van der Waals surface area contributed by atoms with Crippen LogP contribution >= 0.6 is 0 Å². The van der Waals surface area contributed by atoms with Crippen molar-refractivity contribution in [2.24, 2.45) is 0 Å². The van der Waals surface area contributed by atoms with Crippen molar-refractivity contribution in [1.29, 1.82) is 0 Å². The fourth-order valence-electron chi connectivity index (χ4n) is 1.66. The summed E-state index contributed by atoms with van der Waals surface area (Å²) in [7, 11) is 0. The van der Waals surface area contributed by atoms with Crippen molar-refractivity contribution < 1.29 is 17.6 Å². The molecule has 0 saturated heterocycles. The number of nitrogens with zero attached hydrogens (tertiary/aromatic N) is 2. The summed E-state index contributed by atoms with van der Waals surface area (Å²) >= 11 is 0. The average molecular weight is 300 g/mol. The molecule has 0 radical (unpaired) electrons. The SMILES string of the molecule is CCNc1ncc(F)c(Nc2ccccc2C(F)(F)F)n1. The van der Waals surface area contributed by atoms with Gasteiger partial charge in [0.25, 0.3) is 0 Å². The first kappa shape index (κ1) is 15.0. The van der Waals surface area contributed by atoms with E-state index in [-0.39, 0.29) is 17.5 Å². The number of aromatic nitrogens is 2. The van der Waals surface area contributed by atoms with E-state index in [4.69, 9.17) is 0 Å². The van der Waals surface area contributed by atoms with E-state index in [1.165, 1.54) is 18.2 Å². The lowest BCUT2D eigenvalue weighted by Crippen LogP contribution is -2.10. The topological polar surface area (TPSA) is 49.8 Å². The van der Waals surface area contributed by atoms with Crippen molar-refractivity contribution >= 4 is 17.5 Å². The van der Waals surface area contributed by atoms with Crippen LogP contribution in [-0.4, -0.2) is 16.5 Å². The second kappa shape index (κ2) is 5.94. The van der Waals surface area contributed by atoms with Gasteiger partial charge in [-0.2, -0.15) is 18.2 Å². The minimum absolute atomic E-state index is 0.130. The number of nitrogens with one attached hydrogen (secondary N) is 2. The number of rotatable bonds is 4. The molecule has 0 saturated carbocycles. The number of benzene rings is 1. The van der Waals surface area contributed by atoms with Gasteiger partial charge in [-0.05, 0) is 19.1 Å². The molecule has 1 heterocycles. The van der Waals surface area contributed by atoms with E-state index >= 15 is 0 Å². The summed E-state index contributed by atoms with van der Waals surface area (Å²) in [6, 6.07) is 4.79. The molecule has 1 aromatic heterocycles. The van der Waals surface area contributed by atoms with Crippen LogP contribution in [-0.2, 0) is 6.18 Å². The first-order valence-corrected chi connectivity index (χ1v) is 6.11. The molecule has 0 bridgehead atoms. The number of anilines is 3. The van der Waals surface area contributed by atoms with Gasteiger partial charge in [-0.1, -0.05) is 12.1 Å². The molecular formula is C13H12F4N4. The number of hydrogen-bond acceptors (Lipinski definition) is 4. The zero-order chi connectivity index (χ0) is 15.5. The van der Waals surface area contributed by atoms with Crippen molar-refractivity contribution in [2.75, 3.05) is 17.2 Å². The lowest BCUT2D eigenvalue weighted by Gasteiger charge is -2.14. The molecule has 0 amide bonds. The molecule has 0 atom stereocenters. The minimum atomic E-state index is -4.54. The van der Waals surface area contributed by atoms with Crippen molar-refractivity contribution in [2.45, 2.75) is 13.1 Å². The molecule has 2 aromatic rings. The summed E-state index contributed by atoms with van der Waals surface area (Å²) in [4.78, 5) is 7.49. The fourth-order valence-corrected chi connectivity index (χ4v) is 1.66. The summed E-state index contributed by atoms with van der Waals surface area (Å²) < 4.78 is 52.2. The summed E-state index contributed by atoms with van der Waals surface area (Å²) in [5.74, 6) is -1.03. The van der Waals surface area contributed by atoms with E-state index in [0.29, 0.717) is 6.54 Å². The maximum absolute atomic E-state index is 13.6. The average Bonchev–Trinajstić information content (AvgIpc) is 2.42. The molecule has 0 aliphatic heterocycles. The molecule has 21 heavy (non-hydrogen) atoms. The Morgan fingerprint density at radius 1 is 1.19 bits per heavy atom. The second-order valence-electron chi connectivity index (χ2n) is 4.09. The van der Waals surface area contributed by atoms with Crippen molar-refractivity contribution in [3.63, 3.8) is 0 Å². The molecule has 0 aliphatic rings. The van der Waals surface area contributed by atoms with E-state index in [1.54, 1.807) is 6.92 Å². The summed E-state index contributed by atoms with van der Waals surface area (Å²) in [5, 5.41) is 5.11. The maximum atomic E-state index is 13.6. The van der Waals surface area contributed by atoms with Gasteiger partial charge in [-0.3, -0.25) is 0 Å². The summed E-state index contributed by atoms with van der Waals surface area (Å²) in [5.41, 5.74) is -1.17. The standard InChI is InChI=1S/C13H12F4N4/c1-2-18-12-19-7-9(14)11(21-12)20-10-6-4-3-5-8(10)13(15,16)17/h3-7H,2H2,1H3,(H2,18,19,20,21). The molecule has 2 rings (SSSR count). The van der Waals surface area contributed by atoms with Crippen LogP contribution in [0.15, 0.2) is 30.5 Å². The van der Waals surface area contributed by atoms with Gasteiger partial charge in [-0.15, -0.1) is 0 Å². The van der Waals surface area contributed by atoms with Crippen LogP contribution in [0.25, 0.3) is 0 Å². The smallest absolute Gasteiger partial charge is 0.354 e. The molecule has 0 unspecified atom stereocenters. The highest BCUT2D eigenvalue weighted by molar-refractivity contribution is 5.62. The van der Waals surface area contributed by atoms with Crippen molar-refractivity contribution in [3.8, 4) is 0 Å². The van der Waals surface area contributed by atoms with Gasteiger partial charge in [0, 0.05) is 6.54 Å². The number of alkyl halides is 3. The summed E-state index contributed by atoms with van der Waals surface area (Å²) in [6.45, 7) is 2.29. The quantitative estimate of drug-likeness (QED) is 0.843. The Morgan fingerprint density at radius 3 is 2.57 bits per heavy atom. The van der Waals surface area contributed by atoms with Crippen molar-refractivity contribution in [1.82, 2.24) is 9.97 Å². The summed E-state index contributed by atoms with van der Waals surface area (Å²) in [6.07, 6.45) is -3.65. The Balaban J connectivity index is 2.36. The van der Waals surface area contributed by atoms with Crippen LogP contribution in [0.2, 0.25) is 0 Å². The van der Waals surface area contributed by atoms with Crippen LogP contribution in [0, 0.1) is 5.82 Å². The monoisotopic (exact) mass is 300 g/mol. The molecular weight excluding hydrogens is 288 g/mol. The van der Waals surface area contributed by atoms with E-state index in [9.17, 15) is 17.6 Å². The van der Waals surface area contributed by atoms with Gasteiger partial charge in [-0.25, -0.2) is 9.37 Å². The largest absolute Gasteiger partial charge is 0.418 e. The highest BCUT2D eigenvalue weighted by Crippen LogP contribution is 2.35. The van der Waals surface area contributed by atoms with Gasteiger partial charge < -0.3 is 10.6 Å². The van der Waals surface area contributed by atoms with Crippen LogP contribution in [0.4, 0.5) is 35.0 Å². The predicted molar refractivity (Wildman–Crippen MR) is 70.9 cm³/mol. The third-order valence-electron chi connectivity index (χ3n) is 2.56. The molecule has 0 aliphatic carbocycles. The highest BCUT2D eigenvalue weighted by atomic mass is 19.4. The van der Waals surface area contributed by atoms with Crippen LogP contribution < -0.4 is 10.6 Å². The van der Waals surface area contributed by atoms with Crippen LogP contribution in [0.1, 0.15) is 12.5 Å². The Hall–Kier alpha value is -2.38.